The van der Waals surface area contributed by atoms with Crippen molar-refractivity contribution in [2.45, 2.75) is 6.10 Å². The summed E-state index contributed by atoms with van der Waals surface area (Å²) in [6, 6.07) is 9.01. The molecule has 5 heteroatoms. The maximum Gasteiger partial charge on any atom is 0.404 e. The molecule has 0 heterocycles. The van der Waals surface area contributed by atoms with Gasteiger partial charge in [-0.2, -0.15) is 0 Å². The van der Waals surface area contributed by atoms with E-state index in [4.69, 9.17) is 9.84 Å². The van der Waals surface area contributed by atoms with E-state index in [2.05, 4.69) is 5.32 Å². The van der Waals surface area contributed by atoms with Crippen LogP contribution in [-0.4, -0.2) is 35.6 Å². The standard InChI is InChI=1S/C10H13NO4/c12-8(6-11-10(13)14)7-15-9-4-2-1-3-5-9/h1-5,8,11-12H,6-7H2,(H,13,14). The predicted molar refractivity (Wildman–Crippen MR) is 54.0 cm³/mol. The Bertz CT molecular complexity index is 302. The highest BCUT2D eigenvalue weighted by molar-refractivity contribution is 5.64. The van der Waals surface area contributed by atoms with Crippen molar-refractivity contribution < 1.29 is 19.7 Å². The van der Waals surface area contributed by atoms with Gasteiger partial charge in [0, 0.05) is 0 Å². The van der Waals surface area contributed by atoms with E-state index in [1.54, 1.807) is 12.1 Å². The highest BCUT2D eigenvalue weighted by atomic mass is 16.5. The molecule has 1 unspecified atom stereocenters. The van der Waals surface area contributed by atoms with Crippen molar-refractivity contribution in [1.82, 2.24) is 5.32 Å². The summed E-state index contributed by atoms with van der Waals surface area (Å²) in [4.78, 5) is 10.1. The minimum Gasteiger partial charge on any atom is -0.491 e. The van der Waals surface area contributed by atoms with E-state index in [9.17, 15) is 9.90 Å². The van der Waals surface area contributed by atoms with E-state index < -0.39 is 12.2 Å². The molecule has 0 aliphatic heterocycles. The van der Waals surface area contributed by atoms with E-state index in [-0.39, 0.29) is 13.2 Å². The summed E-state index contributed by atoms with van der Waals surface area (Å²) in [6.07, 6.45) is -2.00. The minimum atomic E-state index is -1.16. The zero-order valence-electron chi connectivity index (χ0n) is 8.09. The Morgan fingerprint density at radius 1 is 1.40 bits per heavy atom. The highest BCUT2D eigenvalue weighted by Gasteiger charge is 2.06. The van der Waals surface area contributed by atoms with Crippen LogP contribution in [0.4, 0.5) is 4.79 Å². The van der Waals surface area contributed by atoms with Crippen molar-refractivity contribution >= 4 is 6.09 Å². The number of amides is 1. The van der Waals surface area contributed by atoms with Gasteiger partial charge in [-0.3, -0.25) is 0 Å². The van der Waals surface area contributed by atoms with Crippen molar-refractivity contribution in [3.63, 3.8) is 0 Å². The number of aliphatic hydroxyl groups is 1. The molecule has 1 aromatic rings. The molecular formula is C10H13NO4. The van der Waals surface area contributed by atoms with Gasteiger partial charge in [0.25, 0.3) is 0 Å². The smallest absolute Gasteiger partial charge is 0.404 e. The number of benzene rings is 1. The fourth-order valence-corrected chi connectivity index (χ4v) is 0.973. The van der Waals surface area contributed by atoms with Gasteiger partial charge in [-0.1, -0.05) is 18.2 Å². The Balaban J connectivity index is 2.22. The molecule has 15 heavy (non-hydrogen) atoms. The second kappa shape index (κ2) is 5.87. The monoisotopic (exact) mass is 211 g/mol. The van der Waals surface area contributed by atoms with Crippen LogP contribution in [0.1, 0.15) is 0 Å². The first kappa shape index (κ1) is 11.3. The third-order valence-electron chi connectivity index (χ3n) is 1.67. The van der Waals surface area contributed by atoms with Crippen LogP contribution in [0.25, 0.3) is 0 Å². The Hall–Kier alpha value is -1.75. The zero-order valence-corrected chi connectivity index (χ0v) is 8.09. The largest absolute Gasteiger partial charge is 0.491 e. The quantitative estimate of drug-likeness (QED) is 0.669. The number of nitrogens with one attached hydrogen (secondary N) is 1. The summed E-state index contributed by atoms with van der Waals surface area (Å²) < 4.78 is 5.22. The first-order valence-electron chi connectivity index (χ1n) is 4.51. The van der Waals surface area contributed by atoms with Gasteiger partial charge in [0.15, 0.2) is 0 Å². The molecule has 82 valence electrons. The van der Waals surface area contributed by atoms with Crippen LogP contribution < -0.4 is 10.1 Å². The SMILES string of the molecule is O=C(O)NCC(O)COc1ccccc1. The molecule has 0 fully saturated rings. The molecule has 1 amide bonds. The predicted octanol–water partition coefficient (Wildman–Crippen LogP) is 0.694. The molecule has 0 spiro atoms. The van der Waals surface area contributed by atoms with Gasteiger partial charge >= 0.3 is 6.09 Å². The lowest BCUT2D eigenvalue weighted by atomic mass is 10.3. The molecule has 3 N–H and O–H groups in total. The number of hydrogen-bond donors (Lipinski definition) is 3. The van der Waals surface area contributed by atoms with Gasteiger partial charge in [-0.15, -0.1) is 0 Å². The Kier molecular flexibility index (Phi) is 4.43. The molecule has 0 saturated heterocycles. The molecule has 1 rings (SSSR count). The summed E-state index contributed by atoms with van der Waals surface area (Å²) in [5.41, 5.74) is 0. The second-order valence-corrected chi connectivity index (χ2v) is 2.96. The summed E-state index contributed by atoms with van der Waals surface area (Å²) in [5, 5.41) is 19.7. The third kappa shape index (κ3) is 4.87. The maximum atomic E-state index is 10.1. The molecule has 1 aromatic carbocycles. The maximum absolute atomic E-state index is 10.1. The number of ether oxygens (including phenoxy) is 1. The van der Waals surface area contributed by atoms with Gasteiger partial charge in [-0.25, -0.2) is 4.79 Å². The number of hydrogen-bond acceptors (Lipinski definition) is 3. The molecule has 0 radical (unpaired) electrons. The summed E-state index contributed by atoms with van der Waals surface area (Å²) in [6.45, 7) is 0.0203. The van der Waals surface area contributed by atoms with Gasteiger partial charge in [0.05, 0.1) is 6.54 Å². The van der Waals surface area contributed by atoms with E-state index in [0.29, 0.717) is 5.75 Å². The van der Waals surface area contributed by atoms with Crippen LogP contribution in [0.15, 0.2) is 30.3 Å². The number of aliphatic hydroxyl groups excluding tert-OH is 1. The van der Waals surface area contributed by atoms with Crippen LogP contribution in [0, 0.1) is 0 Å². The highest BCUT2D eigenvalue weighted by Crippen LogP contribution is 2.08. The van der Waals surface area contributed by atoms with E-state index >= 15 is 0 Å². The number of para-hydroxylation sites is 1. The van der Waals surface area contributed by atoms with Crippen LogP contribution in [0.3, 0.4) is 0 Å². The molecule has 0 aliphatic carbocycles. The van der Waals surface area contributed by atoms with Crippen molar-refractivity contribution in [3.05, 3.63) is 30.3 Å². The van der Waals surface area contributed by atoms with Crippen LogP contribution in [-0.2, 0) is 0 Å². The van der Waals surface area contributed by atoms with Gasteiger partial charge < -0.3 is 20.3 Å². The van der Waals surface area contributed by atoms with Gasteiger partial charge in [0.1, 0.15) is 18.5 Å². The van der Waals surface area contributed by atoms with Crippen molar-refractivity contribution in [3.8, 4) is 5.75 Å². The average Bonchev–Trinajstić information content (AvgIpc) is 2.25. The van der Waals surface area contributed by atoms with E-state index in [1.807, 2.05) is 18.2 Å². The van der Waals surface area contributed by atoms with E-state index in [0.717, 1.165) is 0 Å². The molecule has 1 atom stereocenters. The molecule has 5 nitrogen and oxygen atoms in total. The van der Waals surface area contributed by atoms with Crippen molar-refractivity contribution in [2.75, 3.05) is 13.2 Å². The zero-order chi connectivity index (χ0) is 11.1. The Morgan fingerprint density at radius 3 is 2.67 bits per heavy atom. The molecule has 0 saturated carbocycles. The second-order valence-electron chi connectivity index (χ2n) is 2.96. The van der Waals surface area contributed by atoms with Crippen molar-refractivity contribution in [2.24, 2.45) is 0 Å². The lowest BCUT2D eigenvalue weighted by Gasteiger charge is -2.11. The van der Waals surface area contributed by atoms with Crippen molar-refractivity contribution in [1.29, 1.82) is 0 Å². The van der Waals surface area contributed by atoms with Gasteiger partial charge in [-0.05, 0) is 12.1 Å². The fourth-order valence-electron chi connectivity index (χ4n) is 0.973. The molecular weight excluding hydrogens is 198 g/mol. The number of carboxylic acid groups (broad SMARTS) is 1. The number of rotatable bonds is 5. The van der Waals surface area contributed by atoms with Crippen LogP contribution >= 0.6 is 0 Å². The molecule has 0 bridgehead atoms. The third-order valence-corrected chi connectivity index (χ3v) is 1.67. The summed E-state index contributed by atoms with van der Waals surface area (Å²) in [7, 11) is 0. The fraction of sp³-hybridized carbons (Fsp3) is 0.300. The first-order chi connectivity index (χ1) is 7.18. The molecule has 0 aliphatic rings. The van der Waals surface area contributed by atoms with Crippen LogP contribution in [0.2, 0.25) is 0 Å². The van der Waals surface area contributed by atoms with Gasteiger partial charge in [0.2, 0.25) is 0 Å². The summed E-state index contributed by atoms with van der Waals surface area (Å²) in [5.74, 6) is 0.645. The normalized spacial score (nSPS) is 11.8. The Morgan fingerprint density at radius 2 is 2.07 bits per heavy atom. The topological polar surface area (TPSA) is 78.8 Å². The van der Waals surface area contributed by atoms with Crippen LogP contribution in [0.5, 0.6) is 5.75 Å². The first-order valence-corrected chi connectivity index (χ1v) is 4.51. The number of carbonyl (C=O) groups is 1. The Labute approximate surface area is 87.3 Å². The minimum absolute atomic E-state index is 0.0395. The average molecular weight is 211 g/mol. The summed E-state index contributed by atoms with van der Waals surface area (Å²) >= 11 is 0. The molecule has 0 aromatic heterocycles. The van der Waals surface area contributed by atoms with E-state index in [1.165, 1.54) is 0 Å². The lowest BCUT2D eigenvalue weighted by Crippen LogP contribution is -2.34. The lowest BCUT2D eigenvalue weighted by molar-refractivity contribution is 0.104.